The zero-order valence-electron chi connectivity index (χ0n) is 11.2. The fourth-order valence-corrected chi connectivity index (χ4v) is 2.37. The Balaban J connectivity index is 2.10. The van der Waals surface area contributed by atoms with Crippen LogP contribution >= 0.6 is 0 Å². The van der Waals surface area contributed by atoms with Crippen LogP contribution in [0.2, 0.25) is 0 Å². The first-order valence-corrected chi connectivity index (χ1v) is 6.23. The lowest BCUT2D eigenvalue weighted by Crippen LogP contribution is -2.26. The first-order valence-electron chi connectivity index (χ1n) is 6.23. The lowest BCUT2D eigenvalue weighted by molar-refractivity contribution is -0.119. The zero-order chi connectivity index (χ0) is 13.6. The van der Waals surface area contributed by atoms with E-state index >= 15 is 0 Å². The number of aromatic nitrogens is 2. The molecule has 2 aromatic rings. The van der Waals surface area contributed by atoms with E-state index in [0.717, 1.165) is 28.2 Å². The average molecular weight is 253 g/mol. The van der Waals surface area contributed by atoms with Gasteiger partial charge in [-0.05, 0) is 38.5 Å². The minimum Gasteiger partial charge on any atom is -0.325 e. The predicted octanol–water partition coefficient (Wildman–Crippen LogP) is 2.68. The van der Waals surface area contributed by atoms with Gasteiger partial charge in [-0.2, -0.15) is 0 Å². The fourth-order valence-electron chi connectivity index (χ4n) is 2.37. The van der Waals surface area contributed by atoms with Crippen molar-refractivity contribution in [2.45, 2.75) is 26.2 Å². The summed E-state index contributed by atoms with van der Waals surface area (Å²) in [5, 5.41) is 2.93. The van der Waals surface area contributed by atoms with Crippen LogP contribution < -0.4 is 5.32 Å². The maximum absolute atomic E-state index is 11.9. The third kappa shape index (κ3) is 1.80. The minimum atomic E-state index is -0.463. The van der Waals surface area contributed by atoms with E-state index in [-0.39, 0.29) is 5.91 Å². The maximum atomic E-state index is 11.9. The molecule has 0 unspecified atom stereocenters. The first-order chi connectivity index (χ1) is 8.98. The van der Waals surface area contributed by atoms with Gasteiger partial charge >= 0.3 is 0 Å². The summed E-state index contributed by atoms with van der Waals surface area (Å²) in [7, 11) is 0. The number of aryl methyl sites for hydroxylation is 1. The summed E-state index contributed by atoms with van der Waals surface area (Å²) in [4.78, 5) is 20.3. The van der Waals surface area contributed by atoms with E-state index in [9.17, 15) is 4.79 Å². The Hall–Kier alpha value is -2.23. The number of rotatable bonds is 1. The average Bonchev–Trinajstić information content (AvgIpc) is 2.60. The topological polar surface area (TPSA) is 54.9 Å². The van der Waals surface area contributed by atoms with E-state index in [4.69, 9.17) is 0 Å². The summed E-state index contributed by atoms with van der Waals surface area (Å²) in [5.74, 6) is 0.0403. The molecule has 0 spiro atoms. The van der Waals surface area contributed by atoms with Crippen LogP contribution in [0.25, 0.3) is 11.3 Å². The highest BCUT2D eigenvalue weighted by molar-refractivity contribution is 6.06. The second-order valence-electron chi connectivity index (χ2n) is 5.38. The third-order valence-electron chi connectivity index (χ3n) is 3.61. The molecule has 0 bridgehead atoms. The molecule has 96 valence electrons. The number of nitrogens with one attached hydrogen (secondary N) is 1. The van der Waals surface area contributed by atoms with Gasteiger partial charge < -0.3 is 5.32 Å². The van der Waals surface area contributed by atoms with Gasteiger partial charge in [0.15, 0.2) is 0 Å². The third-order valence-corrected chi connectivity index (χ3v) is 3.61. The molecule has 0 fully saturated rings. The first kappa shape index (κ1) is 11.8. The zero-order valence-corrected chi connectivity index (χ0v) is 11.2. The number of carbonyl (C=O) groups is 1. The van der Waals surface area contributed by atoms with Crippen molar-refractivity contribution in [2.24, 2.45) is 0 Å². The highest BCUT2D eigenvalue weighted by Crippen LogP contribution is 2.39. The molecule has 1 aromatic heterocycles. The SMILES string of the molecule is Cc1cc(-c2ccc3c(c2)NC(=O)C3(C)C)ncn1. The van der Waals surface area contributed by atoms with Crippen molar-refractivity contribution in [3.63, 3.8) is 0 Å². The van der Waals surface area contributed by atoms with E-state index in [1.807, 2.05) is 45.0 Å². The van der Waals surface area contributed by atoms with Gasteiger partial charge in [-0.25, -0.2) is 9.97 Å². The smallest absolute Gasteiger partial charge is 0.234 e. The number of nitrogens with zero attached hydrogens (tertiary/aromatic N) is 2. The Labute approximate surface area is 111 Å². The molecule has 0 radical (unpaired) electrons. The van der Waals surface area contributed by atoms with Crippen LogP contribution in [0.5, 0.6) is 0 Å². The molecule has 0 aliphatic carbocycles. The Morgan fingerprint density at radius 1 is 1.16 bits per heavy atom. The molecule has 1 amide bonds. The number of anilines is 1. The Bertz CT molecular complexity index is 677. The Kier molecular flexibility index (Phi) is 2.42. The molecule has 1 N–H and O–H groups in total. The summed E-state index contributed by atoms with van der Waals surface area (Å²) in [6, 6.07) is 7.91. The molecule has 3 rings (SSSR count). The van der Waals surface area contributed by atoms with Crippen molar-refractivity contribution in [1.82, 2.24) is 9.97 Å². The molecular weight excluding hydrogens is 238 g/mol. The lowest BCUT2D eigenvalue weighted by Gasteiger charge is -2.14. The van der Waals surface area contributed by atoms with Crippen LogP contribution in [-0.2, 0) is 10.2 Å². The van der Waals surface area contributed by atoms with Crippen molar-refractivity contribution < 1.29 is 4.79 Å². The quantitative estimate of drug-likeness (QED) is 0.850. The number of amides is 1. The van der Waals surface area contributed by atoms with Crippen molar-refractivity contribution in [3.8, 4) is 11.3 Å². The van der Waals surface area contributed by atoms with Crippen molar-refractivity contribution >= 4 is 11.6 Å². The van der Waals surface area contributed by atoms with E-state index in [1.54, 1.807) is 6.33 Å². The number of fused-ring (bicyclic) bond motifs is 1. The monoisotopic (exact) mass is 253 g/mol. The second-order valence-corrected chi connectivity index (χ2v) is 5.38. The lowest BCUT2D eigenvalue weighted by atomic mass is 9.86. The number of hydrogen-bond donors (Lipinski definition) is 1. The van der Waals surface area contributed by atoms with Gasteiger partial charge in [0.25, 0.3) is 0 Å². The van der Waals surface area contributed by atoms with Crippen molar-refractivity contribution in [2.75, 3.05) is 5.32 Å². The van der Waals surface area contributed by atoms with E-state index in [0.29, 0.717) is 0 Å². The summed E-state index contributed by atoms with van der Waals surface area (Å²) in [6.45, 7) is 5.80. The highest BCUT2D eigenvalue weighted by Gasteiger charge is 2.38. The molecule has 0 saturated heterocycles. The van der Waals surface area contributed by atoms with Crippen LogP contribution in [0.3, 0.4) is 0 Å². The molecule has 2 heterocycles. The van der Waals surface area contributed by atoms with Crippen LogP contribution in [0.15, 0.2) is 30.6 Å². The molecular formula is C15H15N3O. The molecule has 0 saturated carbocycles. The second kappa shape index (κ2) is 3.88. The molecule has 1 aliphatic rings. The van der Waals surface area contributed by atoms with E-state index in [2.05, 4.69) is 15.3 Å². The molecule has 4 nitrogen and oxygen atoms in total. The van der Waals surface area contributed by atoms with Crippen molar-refractivity contribution in [3.05, 3.63) is 41.9 Å². The van der Waals surface area contributed by atoms with Crippen LogP contribution in [-0.4, -0.2) is 15.9 Å². The van der Waals surface area contributed by atoms with Gasteiger partial charge in [0.05, 0.1) is 11.1 Å². The predicted molar refractivity (Wildman–Crippen MR) is 73.9 cm³/mol. The fraction of sp³-hybridized carbons (Fsp3) is 0.267. The van der Waals surface area contributed by atoms with Gasteiger partial charge in [-0.3, -0.25) is 4.79 Å². The van der Waals surface area contributed by atoms with Gasteiger partial charge in [0.1, 0.15) is 6.33 Å². The highest BCUT2D eigenvalue weighted by atomic mass is 16.2. The van der Waals surface area contributed by atoms with Gasteiger partial charge in [-0.1, -0.05) is 12.1 Å². The number of carbonyl (C=O) groups excluding carboxylic acids is 1. The Morgan fingerprint density at radius 2 is 1.95 bits per heavy atom. The normalized spacial score (nSPS) is 16.1. The molecule has 19 heavy (non-hydrogen) atoms. The maximum Gasteiger partial charge on any atom is 0.234 e. The van der Waals surface area contributed by atoms with E-state index < -0.39 is 5.41 Å². The van der Waals surface area contributed by atoms with Crippen molar-refractivity contribution in [1.29, 1.82) is 0 Å². The van der Waals surface area contributed by atoms with Crippen LogP contribution in [0.4, 0.5) is 5.69 Å². The molecule has 4 heteroatoms. The molecule has 1 aliphatic heterocycles. The van der Waals surface area contributed by atoms with Crippen LogP contribution in [0, 0.1) is 6.92 Å². The van der Waals surface area contributed by atoms with Gasteiger partial charge in [0.2, 0.25) is 5.91 Å². The summed E-state index contributed by atoms with van der Waals surface area (Å²) in [6.07, 6.45) is 1.56. The summed E-state index contributed by atoms with van der Waals surface area (Å²) >= 11 is 0. The summed E-state index contributed by atoms with van der Waals surface area (Å²) < 4.78 is 0. The van der Waals surface area contributed by atoms with Gasteiger partial charge in [-0.15, -0.1) is 0 Å². The number of hydrogen-bond acceptors (Lipinski definition) is 3. The standard InChI is InChI=1S/C15H15N3O/c1-9-6-12(17-8-16-9)10-4-5-11-13(7-10)18-14(19)15(11,2)3/h4-8H,1-3H3,(H,18,19). The van der Waals surface area contributed by atoms with Crippen LogP contribution in [0.1, 0.15) is 25.1 Å². The Morgan fingerprint density at radius 3 is 2.68 bits per heavy atom. The summed E-state index contributed by atoms with van der Waals surface area (Å²) in [5.41, 5.74) is 4.23. The minimum absolute atomic E-state index is 0.0403. The molecule has 1 aromatic carbocycles. The largest absolute Gasteiger partial charge is 0.325 e. The van der Waals surface area contributed by atoms with Gasteiger partial charge in [0, 0.05) is 16.9 Å². The molecule has 0 atom stereocenters. The van der Waals surface area contributed by atoms with E-state index in [1.165, 1.54) is 0 Å². The number of benzene rings is 1.